The zero-order valence-corrected chi connectivity index (χ0v) is 13.4. The van der Waals surface area contributed by atoms with Gasteiger partial charge in [-0.2, -0.15) is 0 Å². The van der Waals surface area contributed by atoms with Crippen LogP contribution in [-0.2, 0) is 6.42 Å². The Morgan fingerprint density at radius 1 is 0.957 bits per heavy atom. The molecular weight excluding hydrogens is 286 g/mol. The monoisotopic (exact) mass is 311 g/mol. The highest BCUT2D eigenvalue weighted by atomic mass is 16.3. The third-order valence-corrected chi connectivity index (χ3v) is 4.77. The van der Waals surface area contributed by atoms with Crippen LogP contribution in [-0.4, -0.2) is 47.0 Å². The van der Waals surface area contributed by atoms with Gasteiger partial charge in [0.1, 0.15) is 0 Å². The summed E-state index contributed by atoms with van der Waals surface area (Å²) in [6.45, 7) is 1.93. The van der Waals surface area contributed by atoms with Crippen molar-refractivity contribution in [3.05, 3.63) is 60.2 Å². The molecule has 3 nitrogen and oxygen atoms in total. The first-order valence-electron chi connectivity index (χ1n) is 8.43. The van der Waals surface area contributed by atoms with E-state index in [-0.39, 0.29) is 18.8 Å². The molecule has 122 valence electrons. The molecule has 1 fully saturated rings. The van der Waals surface area contributed by atoms with Crippen molar-refractivity contribution in [1.82, 2.24) is 4.90 Å². The molecule has 0 radical (unpaired) electrons. The first-order valence-corrected chi connectivity index (χ1v) is 8.43. The molecule has 2 unspecified atom stereocenters. The predicted molar refractivity (Wildman–Crippen MR) is 93.3 cm³/mol. The average Bonchev–Trinajstić information content (AvgIpc) is 2.62. The van der Waals surface area contributed by atoms with Gasteiger partial charge in [0.2, 0.25) is 0 Å². The minimum atomic E-state index is -0.256. The highest BCUT2D eigenvalue weighted by molar-refractivity contribution is 5.63. The summed E-state index contributed by atoms with van der Waals surface area (Å²) in [6, 6.07) is 19.2. The summed E-state index contributed by atoms with van der Waals surface area (Å²) in [5, 5.41) is 19.2. The van der Waals surface area contributed by atoms with E-state index < -0.39 is 0 Å². The Hall–Kier alpha value is -1.68. The molecule has 1 heterocycles. The molecule has 0 aliphatic carbocycles. The normalized spacial score (nSPS) is 22.2. The lowest BCUT2D eigenvalue weighted by molar-refractivity contribution is 0.0177. The second kappa shape index (κ2) is 7.73. The minimum absolute atomic E-state index is 0.0994. The van der Waals surface area contributed by atoms with Crippen LogP contribution in [0.15, 0.2) is 54.6 Å². The third-order valence-electron chi connectivity index (χ3n) is 4.77. The van der Waals surface area contributed by atoms with E-state index in [2.05, 4.69) is 53.4 Å². The van der Waals surface area contributed by atoms with Gasteiger partial charge in [0.25, 0.3) is 0 Å². The Kier molecular flexibility index (Phi) is 5.44. The molecule has 2 atom stereocenters. The Morgan fingerprint density at radius 3 is 2.35 bits per heavy atom. The van der Waals surface area contributed by atoms with Crippen LogP contribution in [0, 0.1) is 0 Å². The van der Waals surface area contributed by atoms with Crippen molar-refractivity contribution >= 4 is 0 Å². The maximum Gasteiger partial charge on any atom is 0.0587 e. The lowest BCUT2D eigenvalue weighted by atomic mass is 9.98. The number of hydrogen-bond donors (Lipinski definition) is 2. The van der Waals surface area contributed by atoms with E-state index >= 15 is 0 Å². The molecule has 1 aliphatic rings. The van der Waals surface area contributed by atoms with Gasteiger partial charge in [-0.25, -0.2) is 0 Å². The van der Waals surface area contributed by atoms with Crippen molar-refractivity contribution in [3.63, 3.8) is 0 Å². The van der Waals surface area contributed by atoms with Crippen LogP contribution in [0.2, 0.25) is 0 Å². The summed E-state index contributed by atoms with van der Waals surface area (Å²) in [6.07, 6.45) is 2.21. The van der Waals surface area contributed by atoms with Gasteiger partial charge in [-0.3, -0.25) is 4.90 Å². The van der Waals surface area contributed by atoms with Crippen molar-refractivity contribution in [2.75, 3.05) is 19.7 Å². The first-order chi connectivity index (χ1) is 11.3. The maximum absolute atomic E-state index is 9.71. The maximum atomic E-state index is 9.71. The number of hydrogen-bond acceptors (Lipinski definition) is 3. The van der Waals surface area contributed by atoms with Gasteiger partial charge < -0.3 is 10.2 Å². The average molecular weight is 311 g/mol. The van der Waals surface area contributed by atoms with Gasteiger partial charge in [-0.05, 0) is 36.0 Å². The Labute approximate surface area is 138 Å². The lowest BCUT2D eigenvalue weighted by Crippen LogP contribution is -2.47. The molecule has 2 aromatic carbocycles. The summed E-state index contributed by atoms with van der Waals surface area (Å²) in [5.41, 5.74) is 3.79. The SMILES string of the molecule is OCC1CC(O)CCN1CCc1ccc(-c2ccccc2)cc1. The summed E-state index contributed by atoms with van der Waals surface area (Å²) in [7, 11) is 0. The van der Waals surface area contributed by atoms with Crippen molar-refractivity contribution in [2.45, 2.75) is 31.4 Å². The molecule has 1 saturated heterocycles. The van der Waals surface area contributed by atoms with Crippen molar-refractivity contribution in [3.8, 4) is 11.1 Å². The second-order valence-corrected chi connectivity index (χ2v) is 6.36. The number of piperidine rings is 1. The number of aliphatic hydroxyl groups excluding tert-OH is 2. The number of likely N-dealkylation sites (tertiary alicyclic amines) is 1. The van der Waals surface area contributed by atoms with Crippen LogP contribution in [0.1, 0.15) is 18.4 Å². The molecule has 0 aromatic heterocycles. The summed E-state index contributed by atoms with van der Waals surface area (Å²) in [4.78, 5) is 2.30. The fourth-order valence-corrected chi connectivity index (χ4v) is 3.33. The zero-order chi connectivity index (χ0) is 16.1. The summed E-state index contributed by atoms with van der Waals surface area (Å²) in [5.74, 6) is 0. The fourth-order valence-electron chi connectivity index (χ4n) is 3.33. The molecule has 2 N–H and O–H groups in total. The van der Waals surface area contributed by atoms with Gasteiger partial charge in [-0.1, -0.05) is 54.6 Å². The first kappa shape index (κ1) is 16.2. The summed E-state index contributed by atoms with van der Waals surface area (Å²) < 4.78 is 0. The van der Waals surface area contributed by atoms with Crippen molar-refractivity contribution in [1.29, 1.82) is 0 Å². The molecule has 3 heteroatoms. The van der Waals surface area contributed by atoms with E-state index in [0.717, 1.165) is 25.9 Å². The number of nitrogens with zero attached hydrogens (tertiary/aromatic N) is 1. The summed E-state index contributed by atoms with van der Waals surface area (Å²) >= 11 is 0. The fraction of sp³-hybridized carbons (Fsp3) is 0.400. The second-order valence-electron chi connectivity index (χ2n) is 6.36. The number of aliphatic hydroxyl groups is 2. The van der Waals surface area contributed by atoms with E-state index in [0.29, 0.717) is 6.42 Å². The zero-order valence-electron chi connectivity index (χ0n) is 13.4. The molecule has 1 aliphatic heterocycles. The molecule has 0 spiro atoms. The molecule has 23 heavy (non-hydrogen) atoms. The largest absolute Gasteiger partial charge is 0.395 e. The van der Waals surface area contributed by atoms with Crippen LogP contribution >= 0.6 is 0 Å². The van der Waals surface area contributed by atoms with Gasteiger partial charge in [0.15, 0.2) is 0 Å². The standard InChI is InChI=1S/C20H25NO2/c22-15-19-14-20(23)11-13-21(19)12-10-16-6-8-18(9-7-16)17-4-2-1-3-5-17/h1-9,19-20,22-23H,10-15H2. The van der Waals surface area contributed by atoms with Crippen molar-refractivity contribution in [2.24, 2.45) is 0 Å². The van der Waals surface area contributed by atoms with Crippen molar-refractivity contribution < 1.29 is 10.2 Å². The molecule has 0 saturated carbocycles. The molecule has 0 amide bonds. The highest BCUT2D eigenvalue weighted by Crippen LogP contribution is 2.21. The molecule has 0 bridgehead atoms. The number of benzene rings is 2. The minimum Gasteiger partial charge on any atom is -0.395 e. The van der Waals surface area contributed by atoms with Gasteiger partial charge >= 0.3 is 0 Å². The Morgan fingerprint density at radius 2 is 1.65 bits per heavy atom. The van der Waals surface area contributed by atoms with Gasteiger partial charge in [-0.15, -0.1) is 0 Å². The highest BCUT2D eigenvalue weighted by Gasteiger charge is 2.26. The van der Waals surface area contributed by atoms with E-state index in [1.807, 2.05) is 6.07 Å². The van der Waals surface area contributed by atoms with Crippen LogP contribution < -0.4 is 0 Å². The Bertz CT molecular complexity index is 597. The van der Waals surface area contributed by atoms with E-state index in [1.165, 1.54) is 16.7 Å². The smallest absolute Gasteiger partial charge is 0.0587 e. The van der Waals surface area contributed by atoms with Crippen LogP contribution in [0.4, 0.5) is 0 Å². The lowest BCUT2D eigenvalue weighted by Gasteiger charge is -2.36. The predicted octanol–water partition coefficient (Wildman–Crippen LogP) is 2.71. The number of rotatable bonds is 5. The van der Waals surface area contributed by atoms with Crippen LogP contribution in [0.25, 0.3) is 11.1 Å². The van der Waals surface area contributed by atoms with Gasteiger partial charge in [0.05, 0.1) is 12.7 Å². The van der Waals surface area contributed by atoms with Gasteiger partial charge in [0, 0.05) is 19.1 Å². The quantitative estimate of drug-likeness (QED) is 0.892. The molecule has 3 rings (SSSR count). The van der Waals surface area contributed by atoms with Crippen LogP contribution in [0.5, 0.6) is 0 Å². The van der Waals surface area contributed by atoms with E-state index in [9.17, 15) is 10.2 Å². The van der Waals surface area contributed by atoms with E-state index in [4.69, 9.17) is 0 Å². The van der Waals surface area contributed by atoms with Crippen LogP contribution in [0.3, 0.4) is 0 Å². The topological polar surface area (TPSA) is 43.7 Å². The van der Waals surface area contributed by atoms with E-state index in [1.54, 1.807) is 0 Å². The molecular formula is C20H25NO2. The third kappa shape index (κ3) is 4.20. The molecule has 2 aromatic rings. The Balaban J connectivity index is 1.58.